The van der Waals surface area contributed by atoms with Crippen LogP contribution in [0.3, 0.4) is 0 Å². The summed E-state index contributed by atoms with van der Waals surface area (Å²) in [5.41, 5.74) is 5.13. The zero-order valence-corrected chi connectivity index (χ0v) is 8.45. The first-order valence-electron chi connectivity index (χ1n) is 4.58. The molecule has 1 aromatic rings. The van der Waals surface area contributed by atoms with E-state index in [2.05, 4.69) is 0 Å². The Morgan fingerprint density at radius 3 is 2.79 bits per heavy atom. The minimum Gasteiger partial charge on any atom is -0.486 e. The molecule has 0 aromatic carbocycles. The van der Waals surface area contributed by atoms with Gasteiger partial charge in [0, 0.05) is 6.07 Å². The van der Waals surface area contributed by atoms with Crippen molar-refractivity contribution in [2.24, 2.45) is 11.7 Å². The quantitative estimate of drug-likeness (QED) is 0.785. The fourth-order valence-electron chi connectivity index (χ4n) is 0.907. The molecule has 0 aliphatic heterocycles. The minimum absolute atomic E-state index is 0.183. The molecule has 78 valence electrons. The molecule has 1 heterocycles. The van der Waals surface area contributed by atoms with Crippen LogP contribution in [0.15, 0.2) is 21.5 Å². The van der Waals surface area contributed by atoms with Crippen molar-refractivity contribution in [2.75, 3.05) is 6.61 Å². The number of hydrogen-bond donors (Lipinski definition) is 1. The van der Waals surface area contributed by atoms with Crippen LogP contribution in [0.5, 0.6) is 5.75 Å². The van der Waals surface area contributed by atoms with Gasteiger partial charge < -0.3 is 14.9 Å². The lowest BCUT2D eigenvalue weighted by Crippen LogP contribution is -2.12. The van der Waals surface area contributed by atoms with Crippen molar-refractivity contribution in [2.45, 2.75) is 20.4 Å². The third-order valence-corrected chi connectivity index (χ3v) is 1.63. The molecular formula is C10H15NO3. The molecule has 0 saturated carbocycles. The molecule has 2 N–H and O–H groups in total. The third kappa shape index (κ3) is 2.88. The SMILES string of the molecule is CC(C)COc1coc(CN)cc1=O. The van der Waals surface area contributed by atoms with Gasteiger partial charge in [-0.15, -0.1) is 0 Å². The van der Waals surface area contributed by atoms with Crippen molar-refractivity contribution in [1.82, 2.24) is 0 Å². The van der Waals surface area contributed by atoms with E-state index in [1.807, 2.05) is 13.8 Å². The van der Waals surface area contributed by atoms with Crippen molar-refractivity contribution in [1.29, 1.82) is 0 Å². The second-order valence-electron chi connectivity index (χ2n) is 3.48. The lowest BCUT2D eigenvalue weighted by molar-refractivity contribution is 0.259. The Balaban J connectivity index is 2.74. The van der Waals surface area contributed by atoms with Crippen molar-refractivity contribution < 1.29 is 9.15 Å². The van der Waals surface area contributed by atoms with Crippen molar-refractivity contribution in [3.63, 3.8) is 0 Å². The summed E-state index contributed by atoms with van der Waals surface area (Å²) in [4.78, 5) is 11.4. The van der Waals surface area contributed by atoms with E-state index in [-0.39, 0.29) is 17.7 Å². The standard InChI is InChI=1S/C10H15NO3/c1-7(2)5-14-10-6-13-8(4-11)3-9(10)12/h3,6-7H,4-5,11H2,1-2H3. The smallest absolute Gasteiger partial charge is 0.227 e. The molecule has 0 bridgehead atoms. The van der Waals surface area contributed by atoms with E-state index in [1.165, 1.54) is 12.3 Å². The fraction of sp³-hybridized carbons (Fsp3) is 0.500. The highest BCUT2D eigenvalue weighted by molar-refractivity contribution is 5.17. The summed E-state index contributed by atoms with van der Waals surface area (Å²) in [5.74, 6) is 1.09. The Hall–Kier alpha value is -1.29. The second-order valence-corrected chi connectivity index (χ2v) is 3.48. The normalized spacial score (nSPS) is 10.6. The molecule has 0 radical (unpaired) electrons. The zero-order valence-electron chi connectivity index (χ0n) is 8.45. The number of ether oxygens (including phenoxy) is 1. The van der Waals surface area contributed by atoms with Crippen LogP contribution in [0.4, 0.5) is 0 Å². The largest absolute Gasteiger partial charge is 0.486 e. The summed E-state index contributed by atoms with van der Waals surface area (Å²) in [6.07, 6.45) is 1.31. The minimum atomic E-state index is -0.183. The molecule has 0 aliphatic rings. The van der Waals surface area contributed by atoms with E-state index in [0.717, 1.165) is 0 Å². The maximum atomic E-state index is 11.4. The third-order valence-electron chi connectivity index (χ3n) is 1.63. The highest BCUT2D eigenvalue weighted by Crippen LogP contribution is 2.06. The summed E-state index contributed by atoms with van der Waals surface area (Å²) in [7, 11) is 0. The van der Waals surface area contributed by atoms with Gasteiger partial charge in [-0.1, -0.05) is 13.8 Å². The molecule has 4 nitrogen and oxygen atoms in total. The number of nitrogens with two attached hydrogens (primary N) is 1. The lowest BCUT2D eigenvalue weighted by atomic mass is 10.2. The molecule has 0 spiro atoms. The Morgan fingerprint density at radius 2 is 2.29 bits per heavy atom. The van der Waals surface area contributed by atoms with Crippen LogP contribution >= 0.6 is 0 Å². The molecule has 1 rings (SSSR count). The first-order chi connectivity index (χ1) is 6.63. The predicted molar refractivity (Wildman–Crippen MR) is 53.2 cm³/mol. The van der Waals surface area contributed by atoms with Gasteiger partial charge in [-0.3, -0.25) is 4.79 Å². The van der Waals surface area contributed by atoms with Gasteiger partial charge in [0.1, 0.15) is 12.0 Å². The fourth-order valence-corrected chi connectivity index (χ4v) is 0.907. The van der Waals surface area contributed by atoms with E-state index in [4.69, 9.17) is 14.9 Å². The van der Waals surface area contributed by atoms with Gasteiger partial charge in [0.05, 0.1) is 13.2 Å². The molecule has 0 atom stereocenters. The number of rotatable bonds is 4. The zero-order chi connectivity index (χ0) is 10.6. The Labute approximate surface area is 82.7 Å². The Morgan fingerprint density at radius 1 is 1.57 bits per heavy atom. The van der Waals surface area contributed by atoms with Gasteiger partial charge in [0.2, 0.25) is 11.2 Å². The van der Waals surface area contributed by atoms with Crippen molar-refractivity contribution in [3.8, 4) is 5.75 Å². The highest BCUT2D eigenvalue weighted by atomic mass is 16.5. The predicted octanol–water partition coefficient (Wildman–Crippen LogP) is 1.13. The summed E-state index contributed by atoms with van der Waals surface area (Å²) in [6.45, 7) is 4.75. The first kappa shape index (κ1) is 10.8. The van der Waals surface area contributed by atoms with Crippen LogP contribution in [-0.2, 0) is 6.54 Å². The van der Waals surface area contributed by atoms with Gasteiger partial charge in [0.25, 0.3) is 0 Å². The molecule has 0 fully saturated rings. The monoisotopic (exact) mass is 197 g/mol. The van der Waals surface area contributed by atoms with Gasteiger partial charge >= 0.3 is 0 Å². The van der Waals surface area contributed by atoms with E-state index < -0.39 is 0 Å². The summed E-state index contributed by atoms with van der Waals surface area (Å²) in [6, 6.07) is 1.36. The molecule has 0 amide bonds. The highest BCUT2D eigenvalue weighted by Gasteiger charge is 2.04. The van der Waals surface area contributed by atoms with Gasteiger partial charge in [-0.2, -0.15) is 0 Å². The molecule has 0 aliphatic carbocycles. The van der Waals surface area contributed by atoms with E-state index >= 15 is 0 Å². The van der Waals surface area contributed by atoms with Crippen molar-refractivity contribution in [3.05, 3.63) is 28.3 Å². The van der Waals surface area contributed by atoms with Crippen LogP contribution in [0, 0.1) is 5.92 Å². The summed E-state index contributed by atoms with van der Waals surface area (Å²) < 4.78 is 10.3. The van der Waals surface area contributed by atoms with Crippen LogP contribution in [0.2, 0.25) is 0 Å². The molecule has 0 unspecified atom stereocenters. The van der Waals surface area contributed by atoms with Crippen LogP contribution in [0.1, 0.15) is 19.6 Å². The number of hydrogen-bond acceptors (Lipinski definition) is 4. The molecular weight excluding hydrogens is 182 g/mol. The molecule has 14 heavy (non-hydrogen) atoms. The average molecular weight is 197 g/mol. The Kier molecular flexibility index (Phi) is 3.71. The van der Waals surface area contributed by atoms with E-state index in [1.54, 1.807) is 0 Å². The van der Waals surface area contributed by atoms with E-state index in [0.29, 0.717) is 18.3 Å². The van der Waals surface area contributed by atoms with Gasteiger partial charge in [-0.25, -0.2) is 0 Å². The van der Waals surface area contributed by atoms with Crippen molar-refractivity contribution >= 4 is 0 Å². The first-order valence-corrected chi connectivity index (χ1v) is 4.58. The second kappa shape index (κ2) is 4.81. The van der Waals surface area contributed by atoms with Crippen LogP contribution in [-0.4, -0.2) is 6.61 Å². The summed E-state index contributed by atoms with van der Waals surface area (Å²) in [5, 5.41) is 0. The molecule has 0 saturated heterocycles. The average Bonchev–Trinajstić information content (AvgIpc) is 2.15. The maximum Gasteiger partial charge on any atom is 0.227 e. The Bertz CT molecular complexity index is 343. The van der Waals surface area contributed by atoms with Crippen LogP contribution in [0.25, 0.3) is 0 Å². The molecule has 1 aromatic heterocycles. The topological polar surface area (TPSA) is 65.5 Å². The van der Waals surface area contributed by atoms with Gasteiger partial charge in [0.15, 0.2) is 0 Å². The maximum absolute atomic E-state index is 11.4. The summed E-state index contributed by atoms with van der Waals surface area (Å²) >= 11 is 0. The lowest BCUT2D eigenvalue weighted by Gasteiger charge is -2.07. The van der Waals surface area contributed by atoms with Crippen LogP contribution < -0.4 is 15.9 Å². The molecule has 4 heteroatoms. The van der Waals surface area contributed by atoms with E-state index in [9.17, 15) is 4.79 Å². The van der Waals surface area contributed by atoms with Gasteiger partial charge in [-0.05, 0) is 5.92 Å².